The van der Waals surface area contributed by atoms with E-state index in [9.17, 15) is 24.3 Å². The third kappa shape index (κ3) is 7.85. The molecule has 30 heavy (non-hydrogen) atoms. The molecular formula is C18H33N7O5. The van der Waals surface area contributed by atoms with Crippen LogP contribution in [0.1, 0.15) is 39.5 Å². The minimum Gasteiger partial charge on any atom is -0.480 e. The fourth-order valence-electron chi connectivity index (χ4n) is 3.15. The number of nitrogens with two attached hydrogens (primary N) is 3. The molecule has 170 valence electrons. The van der Waals surface area contributed by atoms with Crippen LogP contribution in [-0.2, 0) is 19.2 Å². The quantitative estimate of drug-likeness (QED) is 0.120. The minimum absolute atomic E-state index is 0.0362. The van der Waals surface area contributed by atoms with Crippen LogP contribution in [0.5, 0.6) is 0 Å². The second-order valence-corrected chi connectivity index (χ2v) is 7.59. The summed E-state index contributed by atoms with van der Waals surface area (Å²) in [7, 11) is 0. The number of hydrogen-bond donors (Lipinski definition) is 6. The summed E-state index contributed by atoms with van der Waals surface area (Å²) in [5.74, 6) is -2.89. The van der Waals surface area contributed by atoms with Crippen LogP contribution >= 0.6 is 0 Å². The highest BCUT2D eigenvalue weighted by molar-refractivity contribution is 5.93. The Labute approximate surface area is 175 Å². The van der Waals surface area contributed by atoms with Gasteiger partial charge in [0.2, 0.25) is 17.7 Å². The number of carboxylic acids is 1. The van der Waals surface area contributed by atoms with Gasteiger partial charge in [-0.3, -0.25) is 19.4 Å². The fourth-order valence-corrected chi connectivity index (χ4v) is 3.15. The van der Waals surface area contributed by atoms with Crippen LogP contribution in [0, 0.1) is 5.92 Å². The van der Waals surface area contributed by atoms with Gasteiger partial charge in [0.1, 0.15) is 12.1 Å². The molecule has 0 aliphatic carbocycles. The molecule has 9 N–H and O–H groups in total. The molecular weight excluding hydrogens is 394 g/mol. The number of carbonyl (C=O) groups excluding carboxylic acids is 3. The molecule has 1 aliphatic rings. The summed E-state index contributed by atoms with van der Waals surface area (Å²) in [6.07, 6.45) is 1.90. The van der Waals surface area contributed by atoms with Gasteiger partial charge in [-0.1, -0.05) is 13.8 Å². The van der Waals surface area contributed by atoms with Gasteiger partial charge >= 0.3 is 5.97 Å². The molecule has 3 atom stereocenters. The summed E-state index contributed by atoms with van der Waals surface area (Å²) in [6.45, 7) is 3.79. The molecule has 0 bridgehead atoms. The van der Waals surface area contributed by atoms with Crippen molar-refractivity contribution in [2.75, 3.05) is 19.6 Å². The Morgan fingerprint density at radius 2 is 1.90 bits per heavy atom. The minimum atomic E-state index is -1.13. The van der Waals surface area contributed by atoms with Gasteiger partial charge in [-0.05, 0) is 31.6 Å². The predicted molar refractivity (Wildman–Crippen MR) is 110 cm³/mol. The van der Waals surface area contributed by atoms with E-state index in [0.717, 1.165) is 0 Å². The van der Waals surface area contributed by atoms with Crippen LogP contribution in [0.25, 0.3) is 0 Å². The van der Waals surface area contributed by atoms with Crippen molar-refractivity contribution in [3.05, 3.63) is 0 Å². The van der Waals surface area contributed by atoms with Gasteiger partial charge in [0.05, 0.1) is 12.6 Å². The second-order valence-electron chi connectivity index (χ2n) is 7.59. The molecule has 1 fully saturated rings. The first-order chi connectivity index (χ1) is 14.0. The number of rotatable bonds is 11. The highest BCUT2D eigenvalue weighted by Crippen LogP contribution is 2.18. The Hall–Kier alpha value is -2.89. The predicted octanol–water partition coefficient (Wildman–Crippen LogP) is -2.30. The van der Waals surface area contributed by atoms with E-state index in [1.54, 1.807) is 13.8 Å². The summed E-state index contributed by atoms with van der Waals surface area (Å²) in [5, 5.41) is 14.2. The molecule has 1 rings (SSSR count). The largest absolute Gasteiger partial charge is 0.480 e. The summed E-state index contributed by atoms with van der Waals surface area (Å²) in [5.41, 5.74) is 16.2. The van der Waals surface area contributed by atoms with E-state index in [1.807, 2.05) is 0 Å². The van der Waals surface area contributed by atoms with Gasteiger partial charge in [-0.2, -0.15) is 0 Å². The van der Waals surface area contributed by atoms with E-state index in [4.69, 9.17) is 17.2 Å². The first-order valence-corrected chi connectivity index (χ1v) is 9.95. The maximum Gasteiger partial charge on any atom is 0.326 e. The highest BCUT2D eigenvalue weighted by Gasteiger charge is 2.36. The topological polar surface area (TPSA) is 206 Å². The third-order valence-electron chi connectivity index (χ3n) is 4.82. The molecule has 1 aliphatic heterocycles. The van der Waals surface area contributed by atoms with E-state index in [0.29, 0.717) is 38.8 Å². The zero-order valence-corrected chi connectivity index (χ0v) is 17.5. The van der Waals surface area contributed by atoms with E-state index >= 15 is 0 Å². The van der Waals surface area contributed by atoms with Gasteiger partial charge in [0.25, 0.3) is 0 Å². The average Bonchev–Trinajstić information content (AvgIpc) is 3.16. The summed E-state index contributed by atoms with van der Waals surface area (Å²) >= 11 is 0. The Kier molecular flexibility index (Phi) is 10.0. The average molecular weight is 428 g/mol. The Balaban J connectivity index is 2.53. The van der Waals surface area contributed by atoms with Crippen LogP contribution in [0.15, 0.2) is 4.99 Å². The van der Waals surface area contributed by atoms with Crippen molar-refractivity contribution in [3.8, 4) is 0 Å². The molecule has 12 nitrogen and oxygen atoms in total. The number of nitrogens with zero attached hydrogens (tertiary/aromatic N) is 2. The van der Waals surface area contributed by atoms with Gasteiger partial charge in [0.15, 0.2) is 5.96 Å². The third-order valence-corrected chi connectivity index (χ3v) is 4.82. The number of amides is 3. The van der Waals surface area contributed by atoms with Gasteiger partial charge in [-0.15, -0.1) is 0 Å². The molecule has 0 spiro atoms. The maximum absolute atomic E-state index is 12.5. The Bertz CT molecular complexity index is 663. The molecule has 1 heterocycles. The Morgan fingerprint density at radius 1 is 1.23 bits per heavy atom. The van der Waals surface area contributed by atoms with Crippen molar-refractivity contribution in [2.24, 2.45) is 28.1 Å². The number of aliphatic carboxylic acids is 1. The first kappa shape index (κ1) is 25.1. The molecule has 0 aromatic carbocycles. The number of carbonyl (C=O) groups is 4. The highest BCUT2D eigenvalue weighted by atomic mass is 16.4. The first-order valence-electron chi connectivity index (χ1n) is 9.95. The van der Waals surface area contributed by atoms with E-state index in [2.05, 4.69) is 15.6 Å². The SMILES string of the molecule is CC(C)C(NC(=O)C1CCCN1C(=O)CNC(=O)C(N)CCCN=C(N)N)C(=O)O. The van der Waals surface area contributed by atoms with Crippen molar-refractivity contribution in [2.45, 2.75) is 57.7 Å². The van der Waals surface area contributed by atoms with Gasteiger partial charge in [-0.25, -0.2) is 4.79 Å². The summed E-state index contributed by atoms with van der Waals surface area (Å²) in [4.78, 5) is 53.5. The van der Waals surface area contributed by atoms with Crippen LogP contribution in [0.3, 0.4) is 0 Å². The van der Waals surface area contributed by atoms with Gasteiger partial charge in [0, 0.05) is 13.1 Å². The fraction of sp³-hybridized carbons (Fsp3) is 0.722. The number of aliphatic imine (C=N–C) groups is 1. The zero-order valence-electron chi connectivity index (χ0n) is 17.5. The number of likely N-dealkylation sites (tertiary alicyclic amines) is 1. The second kappa shape index (κ2) is 12.0. The lowest BCUT2D eigenvalue weighted by Crippen LogP contribution is -2.54. The molecule has 3 unspecified atom stereocenters. The summed E-state index contributed by atoms with van der Waals surface area (Å²) < 4.78 is 0. The molecule has 3 amide bonds. The van der Waals surface area contributed by atoms with Crippen molar-refractivity contribution in [3.63, 3.8) is 0 Å². The van der Waals surface area contributed by atoms with Crippen LogP contribution in [0.4, 0.5) is 0 Å². The standard InChI is InChI=1S/C18H33N7O5/c1-10(2)14(17(29)30)24-16(28)12-6-4-8-25(12)13(26)9-23-15(27)11(19)5-3-7-22-18(20)21/h10-12,14H,3-9,19H2,1-2H3,(H,23,27)(H,24,28)(H,29,30)(H4,20,21,22). The van der Waals surface area contributed by atoms with Crippen molar-refractivity contribution in [1.82, 2.24) is 15.5 Å². The molecule has 0 saturated carbocycles. The van der Waals surface area contributed by atoms with Crippen LogP contribution < -0.4 is 27.8 Å². The molecule has 12 heteroatoms. The summed E-state index contributed by atoms with van der Waals surface area (Å²) in [6, 6.07) is -2.61. The van der Waals surface area contributed by atoms with Crippen LogP contribution in [0.2, 0.25) is 0 Å². The number of carboxylic acid groups (broad SMARTS) is 1. The normalized spacial score (nSPS) is 17.9. The number of guanidine groups is 1. The molecule has 0 radical (unpaired) electrons. The molecule has 1 saturated heterocycles. The van der Waals surface area contributed by atoms with E-state index < -0.39 is 41.8 Å². The lowest BCUT2D eigenvalue weighted by molar-refractivity contribution is -0.145. The van der Waals surface area contributed by atoms with Crippen molar-refractivity contribution in [1.29, 1.82) is 0 Å². The van der Waals surface area contributed by atoms with E-state index in [1.165, 1.54) is 4.90 Å². The molecule has 0 aromatic rings. The maximum atomic E-state index is 12.5. The van der Waals surface area contributed by atoms with Crippen molar-refractivity contribution >= 4 is 29.7 Å². The zero-order chi connectivity index (χ0) is 22.8. The molecule has 0 aromatic heterocycles. The van der Waals surface area contributed by atoms with Gasteiger partial charge < -0.3 is 37.8 Å². The Morgan fingerprint density at radius 3 is 2.47 bits per heavy atom. The van der Waals surface area contributed by atoms with Crippen LogP contribution in [-0.4, -0.2) is 77.4 Å². The lowest BCUT2D eigenvalue weighted by atomic mass is 10.0. The number of nitrogens with one attached hydrogen (secondary N) is 2. The monoisotopic (exact) mass is 427 g/mol. The lowest BCUT2D eigenvalue weighted by Gasteiger charge is -2.26. The van der Waals surface area contributed by atoms with E-state index in [-0.39, 0.29) is 18.4 Å². The smallest absolute Gasteiger partial charge is 0.326 e. The number of hydrogen-bond acceptors (Lipinski definition) is 6. The van der Waals surface area contributed by atoms with Crippen molar-refractivity contribution < 1.29 is 24.3 Å².